The first-order valence-electron chi connectivity index (χ1n) is 7.89. The van der Waals surface area contributed by atoms with Gasteiger partial charge in [0.15, 0.2) is 0 Å². The highest BCUT2D eigenvalue weighted by molar-refractivity contribution is 7.89. The summed E-state index contributed by atoms with van der Waals surface area (Å²) in [6.45, 7) is 0.121. The van der Waals surface area contributed by atoms with E-state index in [-0.39, 0.29) is 11.4 Å². The highest BCUT2D eigenvalue weighted by atomic mass is 32.2. The molecule has 27 heavy (non-hydrogen) atoms. The van der Waals surface area contributed by atoms with Gasteiger partial charge in [-0.05, 0) is 58.3 Å². The molecule has 2 N–H and O–H groups in total. The van der Waals surface area contributed by atoms with E-state index in [0.717, 1.165) is 16.7 Å². The quantitative estimate of drug-likeness (QED) is 0.657. The van der Waals surface area contributed by atoms with Gasteiger partial charge in [-0.15, -0.1) is 0 Å². The number of nitrogens with zero attached hydrogens (tertiary/aromatic N) is 1. The minimum absolute atomic E-state index is 0.0971. The molecule has 3 rings (SSSR count). The molecular formula is C18H17N3O4S2. The number of carbonyl (C=O) groups excluding carboxylic acids is 1. The Kier molecular flexibility index (Phi) is 5.84. The summed E-state index contributed by atoms with van der Waals surface area (Å²) in [6, 6.07) is 9.69. The van der Waals surface area contributed by atoms with Crippen molar-refractivity contribution in [2.45, 2.75) is 11.4 Å². The van der Waals surface area contributed by atoms with Crippen LogP contribution in [-0.2, 0) is 21.3 Å². The van der Waals surface area contributed by atoms with E-state index < -0.39 is 16.1 Å². The Morgan fingerprint density at radius 1 is 1.15 bits per heavy atom. The van der Waals surface area contributed by atoms with Crippen molar-refractivity contribution in [1.29, 1.82) is 0 Å². The van der Waals surface area contributed by atoms with Crippen LogP contribution in [0.15, 0.2) is 64.4 Å². The molecule has 0 saturated carbocycles. The smallest absolute Gasteiger partial charge is 0.411 e. The number of amides is 1. The Bertz CT molecular complexity index is 1020. The third-order valence-electron chi connectivity index (χ3n) is 3.71. The van der Waals surface area contributed by atoms with E-state index >= 15 is 0 Å². The maximum atomic E-state index is 12.5. The van der Waals surface area contributed by atoms with E-state index in [9.17, 15) is 13.2 Å². The van der Waals surface area contributed by atoms with Crippen LogP contribution in [0, 0.1) is 0 Å². The molecule has 0 aliphatic heterocycles. The molecule has 0 radical (unpaired) electrons. The van der Waals surface area contributed by atoms with Crippen LogP contribution in [0.3, 0.4) is 0 Å². The van der Waals surface area contributed by atoms with Crippen LogP contribution >= 0.6 is 11.3 Å². The second-order valence-electron chi connectivity index (χ2n) is 5.56. The van der Waals surface area contributed by atoms with Crippen LogP contribution in [0.1, 0.15) is 5.56 Å². The number of benzene rings is 1. The molecule has 7 nitrogen and oxygen atoms in total. The number of hydrogen-bond acceptors (Lipinski definition) is 6. The SMILES string of the molecule is COC(=O)Nc1ccc(S(=O)(=O)NCc2cncc(-c3ccsc3)c2)cc1. The van der Waals surface area contributed by atoms with Gasteiger partial charge in [0.1, 0.15) is 0 Å². The molecule has 1 amide bonds. The lowest BCUT2D eigenvalue weighted by molar-refractivity contribution is 0.187. The Morgan fingerprint density at radius 3 is 2.59 bits per heavy atom. The number of anilines is 1. The van der Waals surface area contributed by atoms with E-state index in [1.807, 2.05) is 22.9 Å². The van der Waals surface area contributed by atoms with Crippen LogP contribution in [0.2, 0.25) is 0 Å². The molecule has 140 valence electrons. The lowest BCUT2D eigenvalue weighted by Crippen LogP contribution is -2.23. The maximum Gasteiger partial charge on any atom is 0.411 e. The molecule has 2 aromatic heterocycles. The van der Waals surface area contributed by atoms with Crippen LogP contribution in [0.4, 0.5) is 10.5 Å². The number of pyridine rings is 1. The van der Waals surface area contributed by atoms with E-state index in [1.54, 1.807) is 23.7 Å². The first kappa shape index (κ1) is 19.0. The van der Waals surface area contributed by atoms with E-state index in [0.29, 0.717) is 5.69 Å². The van der Waals surface area contributed by atoms with Crippen molar-refractivity contribution >= 4 is 33.1 Å². The highest BCUT2D eigenvalue weighted by Gasteiger charge is 2.14. The van der Waals surface area contributed by atoms with Crippen molar-refractivity contribution in [3.63, 3.8) is 0 Å². The number of ether oxygens (including phenoxy) is 1. The zero-order valence-corrected chi connectivity index (χ0v) is 16.0. The normalized spacial score (nSPS) is 11.1. The summed E-state index contributed by atoms with van der Waals surface area (Å²) in [5.41, 5.74) is 3.18. The summed E-state index contributed by atoms with van der Waals surface area (Å²) in [4.78, 5) is 15.4. The summed E-state index contributed by atoms with van der Waals surface area (Å²) in [6.07, 6.45) is 2.75. The number of hydrogen-bond donors (Lipinski definition) is 2. The fraction of sp³-hybridized carbons (Fsp3) is 0.111. The van der Waals surface area contributed by atoms with Crippen LogP contribution in [0.5, 0.6) is 0 Å². The topological polar surface area (TPSA) is 97.4 Å². The average molecular weight is 403 g/mol. The van der Waals surface area contributed by atoms with Gasteiger partial charge in [-0.1, -0.05) is 0 Å². The second kappa shape index (κ2) is 8.30. The zero-order valence-electron chi connectivity index (χ0n) is 14.4. The summed E-state index contributed by atoms with van der Waals surface area (Å²) in [5.74, 6) is 0. The number of rotatable bonds is 6. The van der Waals surface area contributed by atoms with Crippen molar-refractivity contribution in [2.75, 3.05) is 12.4 Å². The van der Waals surface area contributed by atoms with Gasteiger partial charge in [-0.25, -0.2) is 17.9 Å². The number of methoxy groups -OCH3 is 1. The summed E-state index contributed by atoms with van der Waals surface area (Å²) in [7, 11) is -2.45. The number of thiophene rings is 1. The number of carbonyl (C=O) groups is 1. The molecule has 0 spiro atoms. The lowest BCUT2D eigenvalue weighted by Gasteiger charge is -2.09. The summed E-state index contributed by atoms with van der Waals surface area (Å²) < 4.78 is 32.0. The third-order valence-corrected chi connectivity index (χ3v) is 5.81. The third kappa shape index (κ3) is 4.91. The molecule has 0 aliphatic rings. The zero-order chi connectivity index (χ0) is 19.3. The predicted octanol–water partition coefficient (Wildman–Crippen LogP) is 3.47. The van der Waals surface area contributed by atoms with Crippen LogP contribution < -0.4 is 10.0 Å². The first-order valence-corrected chi connectivity index (χ1v) is 10.3. The van der Waals surface area contributed by atoms with Crippen molar-refractivity contribution in [3.8, 4) is 11.1 Å². The van der Waals surface area contributed by atoms with Crippen LogP contribution in [0.25, 0.3) is 11.1 Å². The minimum atomic E-state index is -3.70. The minimum Gasteiger partial charge on any atom is -0.453 e. The van der Waals surface area contributed by atoms with E-state index in [4.69, 9.17) is 0 Å². The first-order chi connectivity index (χ1) is 13.0. The van der Waals surface area contributed by atoms with Crippen LogP contribution in [-0.4, -0.2) is 26.6 Å². The standard InChI is InChI=1S/C18H17N3O4S2/c1-25-18(22)21-16-2-4-17(5-3-16)27(23,24)20-10-13-8-15(11-19-9-13)14-6-7-26-12-14/h2-9,11-12,20H,10H2,1H3,(H,21,22). The van der Waals surface area contributed by atoms with Crippen molar-refractivity contribution in [1.82, 2.24) is 9.71 Å². The van der Waals surface area contributed by atoms with Gasteiger partial charge in [0, 0.05) is 30.2 Å². The van der Waals surface area contributed by atoms with Gasteiger partial charge in [-0.3, -0.25) is 10.3 Å². The van der Waals surface area contributed by atoms with Gasteiger partial charge in [0.2, 0.25) is 10.0 Å². The Balaban J connectivity index is 1.68. The summed E-state index contributed by atoms with van der Waals surface area (Å²) >= 11 is 1.59. The molecule has 2 heterocycles. The predicted molar refractivity (Wildman–Crippen MR) is 104 cm³/mol. The van der Waals surface area contributed by atoms with Gasteiger partial charge in [0.25, 0.3) is 0 Å². The van der Waals surface area contributed by atoms with Gasteiger partial charge in [-0.2, -0.15) is 11.3 Å². The van der Waals surface area contributed by atoms with Gasteiger partial charge in [0.05, 0.1) is 12.0 Å². The fourth-order valence-electron chi connectivity index (χ4n) is 2.32. The molecule has 0 aliphatic carbocycles. The number of sulfonamides is 1. The Morgan fingerprint density at radius 2 is 1.93 bits per heavy atom. The molecule has 0 fully saturated rings. The molecular weight excluding hydrogens is 386 g/mol. The number of nitrogens with one attached hydrogen (secondary N) is 2. The molecule has 3 aromatic rings. The molecule has 0 atom stereocenters. The summed E-state index contributed by atoms with van der Waals surface area (Å²) in [5, 5.41) is 6.45. The van der Waals surface area contributed by atoms with Crippen molar-refractivity contribution in [2.24, 2.45) is 0 Å². The maximum absolute atomic E-state index is 12.5. The average Bonchev–Trinajstić information content (AvgIpc) is 3.22. The molecule has 0 saturated heterocycles. The second-order valence-corrected chi connectivity index (χ2v) is 8.11. The van der Waals surface area contributed by atoms with Crippen molar-refractivity contribution < 1.29 is 17.9 Å². The number of aromatic nitrogens is 1. The lowest BCUT2D eigenvalue weighted by atomic mass is 10.1. The largest absolute Gasteiger partial charge is 0.453 e. The van der Waals surface area contributed by atoms with Crippen molar-refractivity contribution in [3.05, 3.63) is 65.1 Å². The molecule has 1 aromatic carbocycles. The van der Waals surface area contributed by atoms with E-state index in [2.05, 4.69) is 19.8 Å². The Labute approximate surface area is 161 Å². The molecule has 0 unspecified atom stereocenters. The van der Waals surface area contributed by atoms with Gasteiger partial charge >= 0.3 is 6.09 Å². The fourth-order valence-corrected chi connectivity index (χ4v) is 4.00. The molecule has 0 bridgehead atoms. The Hall–Kier alpha value is -2.75. The van der Waals surface area contributed by atoms with Gasteiger partial charge < -0.3 is 4.74 Å². The molecule has 9 heteroatoms. The monoisotopic (exact) mass is 403 g/mol. The highest BCUT2D eigenvalue weighted by Crippen LogP contribution is 2.22. The van der Waals surface area contributed by atoms with E-state index in [1.165, 1.54) is 31.4 Å².